The smallest absolute Gasteiger partial charge is 0.273 e. The van der Waals surface area contributed by atoms with Crippen molar-refractivity contribution in [2.45, 2.75) is 6.92 Å². The highest BCUT2D eigenvalue weighted by atomic mass is 32.2. The summed E-state index contributed by atoms with van der Waals surface area (Å²) in [6, 6.07) is 12.0. The largest absolute Gasteiger partial charge is 0.326 e. The number of hydrogen-bond donors (Lipinski definition) is 3. The monoisotopic (exact) mass is 433 g/mol. The highest BCUT2D eigenvalue weighted by molar-refractivity contribution is 7.92. The summed E-state index contributed by atoms with van der Waals surface area (Å²) in [5.74, 6) is -0.942. The fraction of sp³-hybridized carbons (Fsp3) is 0.167. The molecule has 0 radical (unpaired) electrons. The number of aromatic nitrogens is 1. The lowest BCUT2D eigenvalue weighted by molar-refractivity contribution is -0.114. The molecule has 29 heavy (non-hydrogen) atoms. The number of para-hydroxylation sites is 1. The molecule has 2 amide bonds. The van der Waals surface area contributed by atoms with Crippen molar-refractivity contribution in [3.05, 3.63) is 52.8 Å². The Hall–Kier alpha value is -3.18. The summed E-state index contributed by atoms with van der Waals surface area (Å²) in [4.78, 5) is 24.6. The van der Waals surface area contributed by atoms with Gasteiger partial charge in [-0.05, 0) is 30.3 Å². The van der Waals surface area contributed by atoms with Crippen molar-refractivity contribution in [3.8, 4) is 0 Å². The standard InChI is InChI=1S/C18H19N5O4S2/c1-11(24)19-12-8-9-14(22-29(3,26)27)13(10-12)17(25)20-21-18-23(2)15-6-4-5-7-16(15)28-18/h4-10,22H,1-3H3,(H,19,24)(H,20,25)/b21-18+. The van der Waals surface area contributed by atoms with Gasteiger partial charge in [-0.15, -0.1) is 5.10 Å². The Bertz CT molecular complexity index is 1270. The van der Waals surface area contributed by atoms with Gasteiger partial charge in [-0.2, -0.15) is 0 Å². The second-order valence-electron chi connectivity index (χ2n) is 6.28. The average Bonchev–Trinajstić information content (AvgIpc) is 2.95. The summed E-state index contributed by atoms with van der Waals surface area (Å²) in [5.41, 5.74) is 3.88. The van der Waals surface area contributed by atoms with Gasteiger partial charge in [0.2, 0.25) is 20.7 Å². The van der Waals surface area contributed by atoms with Crippen molar-refractivity contribution in [3.63, 3.8) is 0 Å². The van der Waals surface area contributed by atoms with Crippen molar-refractivity contribution < 1.29 is 18.0 Å². The molecule has 11 heteroatoms. The van der Waals surface area contributed by atoms with Gasteiger partial charge in [-0.3, -0.25) is 14.3 Å². The van der Waals surface area contributed by atoms with E-state index in [-0.39, 0.29) is 17.2 Å². The second-order valence-corrected chi connectivity index (χ2v) is 9.04. The van der Waals surface area contributed by atoms with Crippen molar-refractivity contribution in [1.82, 2.24) is 9.99 Å². The third-order valence-corrected chi connectivity index (χ3v) is 5.55. The van der Waals surface area contributed by atoms with E-state index in [1.165, 1.54) is 36.5 Å². The summed E-state index contributed by atoms with van der Waals surface area (Å²) < 4.78 is 28.4. The fourth-order valence-corrected chi connectivity index (χ4v) is 4.21. The third-order valence-electron chi connectivity index (χ3n) is 3.85. The van der Waals surface area contributed by atoms with E-state index < -0.39 is 15.9 Å². The van der Waals surface area contributed by atoms with Crippen LogP contribution < -0.4 is 20.3 Å². The van der Waals surface area contributed by atoms with Gasteiger partial charge >= 0.3 is 0 Å². The molecule has 3 rings (SSSR count). The van der Waals surface area contributed by atoms with Gasteiger partial charge in [0.25, 0.3) is 5.91 Å². The number of nitrogens with zero attached hydrogens (tertiary/aromatic N) is 2. The van der Waals surface area contributed by atoms with Crippen LogP contribution in [0, 0.1) is 0 Å². The molecule has 1 aromatic heterocycles. The summed E-state index contributed by atoms with van der Waals surface area (Å²) in [7, 11) is -1.78. The molecule has 0 fully saturated rings. The molecule has 0 aliphatic heterocycles. The Morgan fingerprint density at radius 1 is 1.14 bits per heavy atom. The molecule has 0 bridgehead atoms. The van der Waals surface area contributed by atoms with Gasteiger partial charge in [-0.25, -0.2) is 13.8 Å². The first-order valence-electron chi connectivity index (χ1n) is 8.42. The van der Waals surface area contributed by atoms with Gasteiger partial charge < -0.3 is 9.88 Å². The maximum atomic E-state index is 12.7. The predicted molar refractivity (Wildman–Crippen MR) is 113 cm³/mol. The molecular weight excluding hydrogens is 414 g/mol. The molecule has 1 heterocycles. The van der Waals surface area contributed by atoms with Crippen LogP contribution in [0.4, 0.5) is 11.4 Å². The van der Waals surface area contributed by atoms with Crippen LogP contribution in [0.1, 0.15) is 17.3 Å². The number of fused-ring (bicyclic) bond motifs is 1. The molecule has 3 aromatic rings. The van der Waals surface area contributed by atoms with Crippen molar-refractivity contribution in [2.75, 3.05) is 16.3 Å². The number of rotatable bonds is 5. The summed E-state index contributed by atoms with van der Waals surface area (Å²) in [5, 5.41) is 6.73. The number of nitrogens with one attached hydrogen (secondary N) is 3. The SMILES string of the molecule is CC(=O)Nc1ccc(NS(C)(=O)=O)c(C(=O)N/N=c2/sc3ccccc3n2C)c1. The van der Waals surface area contributed by atoms with Gasteiger partial charge in [0.15, 0.2) is 0 Å². The van der Waals surface area contributed by atoms with E-state index in [0.29, 0.717) is 10.5 Å². The molecule has 152 valence electrons. The number of carbonyl (C=O) groups excluding carboxylic acids is 2. The zero-order valence-electron chi connectivity index (χ0n) is 15.9. The zero-order chi connectivity index (χ0) is 21.2. The van der Waals surface area contributed by atoms with Gasteiger partial charge in [0, 0.05) is 19.7 Å². The van der Waals surface area contributed by atoms with Crippen molar-refractivity contribution in [2.24, 2.45) is 12.1 Å². The number of sulfonamides is 1. The zero-order valence-corrected chi connectivity index (χ0v) is 17.5. The molecule has 2 aromatic carbocycles. The predicted octanol–water partition coefficient (Wildman–Crippen LogP) is 1.82. The van der Waals surface area contributed by atoms with Crippen LogP contribution in [0.3, 0.4) is 0 Å². The number of carbonyl (C=O) groups is 2. The van der Waals surface area contributed by atoms with E-state index in [9.17, 15) is 18.0 Å². The highest BCUT2D eigenvalue weighted by Crippen LogP contribution is 2.22. The van der Waals surface area contributed by atoms with Crippen LogP contribution in [0.15, 0.2) is 47.6 Å². The second kappa shape index (κ2) is 8.05. The normalized spacial score (nSPS) is 12.0. The Kier molecular flexibility index (Phi) is 5.71. The minimum absolute atomic E-state index is 0.0224. The minimum Gasteiger partial charge on any atom is -0.326 e. The topological polar surface area (TPSA) is 122 Å². The van der Waals surface area contributed by atoms with E-state index in [1.54, 1.807) is 0 Å². The van der Waals surface area contributed by atoms with E-state index in [1.807, 2.05) is 35.9 Å². The van der Waals surface area contributed by atoms with Crippen LogP contribution in [-0.4, -0.2) is 31.1 Å². The lowest BCUT2D eigenvalue weighted by Gasteiger charge is -2.12. The Morgan fingerprint density at radius 2 is 1.86 bits per heavy atom. The minimum atomic E-state index is -3.61. The molecule has 0 aliphatic carbocycles. The maximum absolute atomic E-state index is 12.7. The number of thiazole rings is 1. The van der Waals surface area contributed by atoms with Crippen LogP contribution in [0.25, 0.3) is 10.2 Å². The van der Waals surface area contributed by atoms with E-state index in [0.717, 1.165) is 16.5 Å². The van der Waals surface area contributed by atoms with Crippen LogP contribution in [0.2, 0.25) is 0 Å². The molecule has 0 spiro atoms. The summed E-state index contributed by atoms with van der Waals surface area (Å²) in [6.07, 6.45) is 0.984. The van der Waals surface area contributed by atoms with Crippen LogP contribution in [0.5, 0.6) is 0 Å². The van der Waals surface area contributed by atoms with Gasteiger partial charge in [-0.1, -0.05) is 23.5 Å². The van der Waals surface area contributed by atoms with Crippen LogP contribution >= 0.6 is 11.3 Å². The molecule has 0 aliphatic rings. The third kappa shape index (κ3) is 5.00. The maximum Gasteiger partial charge on any atom is 0.273 e. The first kappa shape index (κ1) is 20.6. The lowest BCUT2D eigenvalue weighted by Crippen LogP contribution is -2.25. The summed E-state index contributed by atoms with van der Waals surface area (Å²) in [6.45, 7) is 1.33. The van der Waals surface area contributed by atoms with E-state index in [2.05, 4.69) is 20.6 Å². The van der Waals surface area contributed by atoms with E-state index >= 15 is 0 Å². The van der Waals surface area contributed by atoms with Crippen molar-refractivity contribution in [1.29, 1.82) is 0 Å². The Morgan fingerprint density at radius 3 is 2.52 bits per heavy atom. The highest BCUT2D eigenvalue weighted by Gasteiger charge is 2.16. The lowest BCUT2D eigenvalue weighted by atomic mass is 10.1. The average molecular weight is 434 g/mol. The number of amides is 2. The molecule has 0 atom stereocenters. The molecule has 0 unspecified atom stereocenters. The van der Waals surface area contributed by atoms with Crippen molar-refractivity contribution >= 4 is 54.8 Å². The number of aryl methyl sites for hydroxylation is 1. The summed E-state index contributed by atoms with van der Waals surface area (Å²) >= 11 is 1.40. The van der Waals surface area contributed by atoms with Crippen LogP contribution in [-0.2, 0) is 21.9 Å². The number of benzene rings is 2. The molecular formula is C18H19N5O4S2. The van der Waals surface area contributed by atoms with E-state index in [4.69, 9.17) is 0 Å². The fourth-order valence-electron chi connectivity index (χ4n) is 2.65. The Balaban J connectivity index is 1.97. The molecule has 0 saturated carbocycles. The first-order valence-corrected chi connectivity index (χ1v) is 11.1. The number of anilines is 2. The molecule has 0 saturated heterocycles. The number of hydrogen-bond acceptors (Lipinski definition) is 6. The van der Waals surface area contributed by atoms with Gasteiger partial charge in [0.05, 0.1) is 27.7 Å². The molecule has 9 nitrogen and oxygen atoms in total. The molecule has 3 N–H and O–H groups in total. The van der Waals surface area contributed by atoms with Gasteiger partial charge in [0.1, 0.15) is 0 Å². The quantitative estimate of drug-likeness (QED) is 0.531. The first-order chi connectivity index (χ1) is 13.6. The Labute approximate surface area is 171 Å².